The van der Waals surface area contributed by atoms with Crippen molar-refractivity contribution in [3.8, 4) is 11.5 Å². The van der Waals surface area contributed by atoms with E-state index in [4.69, 9.17) is 4.52 Å². The molecule has 0 unspecified atom stereocenters. The maximum absolute atomic E-state index is 5.32. The van der Waals surface area contributed by atoms with E-state index in [1.807, 2.05) is 30.3 Å². The van der Waals surface area contributed by atoms with Crippen LogP contribution in [-0.4, -0.2) is 40.7 Å². The highest BCUT2D eigenvalue weighted by molar-refractivity contribution is 5.85. The maximum atomic E-state index is 5.32. The minimum atomic E-state index is 0. The second-order valence-corrected chi connectivity index (χ2v) is 4.91. The molecule has 0 radical (unpaired) electrons. The highest BCUT2D eigenvalue weighted by atomic mass is 35.5. The average Bonchev–Trinajstić information content (AvgIpc) is 2.91. The lowest BCUT2D eigenvalue weighted by atomic mass is 10.2. The Morgan fingerprint density at radius 2 is 2.15 bits per heavy atom. The van der Waals surface area contributed by atoms with Gasteiger partial charge in [0.1, 0.15) is 0 Å². The van der Waals surface area contributed by atoms with Gasteiger partial charge in [0.05, 0.1) is 6.54 Å². The fourth-order valence-electron chi connectivity index (χ4n) is 2.32. The Balaban J connectivity index is 0.00000147. The van der Waals surface area contributed by atoms with Crippen LogP contribution in [0.15, 0.2) is 34.9 Å². The van der Waals surface area contributed by atoms with Gasteiger partial charge in [0.25, 0.3) is 5.89 Å². The lowest BCUT2D eigenvalue weighted by Gasteiger charge is -2.32. The van der Waals surface area contributed by atoms with Crippen LogP contribution in [0.3, 0.4) is 0 Å². The molecule has 0 bridgehead atoms. The normalized spacial score (nSPS) is 19.6. The highest BCUT2D eigenvalue weighted by Gasteiger charge is 2.20. The number of nitrogens with zero attached hydrogens (tertiary/aromatic N) is 3. The van der Waals surface area contributed by atoms with E-state index in [0.29, 0.717) is 11.9 Å². The topological polar surface area (TPSA) is 54.2 Å². The van der Waals surface area contributed by atoms with E-state index in [-0.39, 0.29) is 12.4 Å². The molecule has 1 fully saturated rings. The molecule has 6 heteroatoms. The number of piperazine rings is 1. The van der Waals surface area contributed by atoms with Crippen molar-refractivity contribution in [2.75, 3.05) is 19.6 Å². The minimum Gasteiger partial charge on any atom is -0.334 e. The number of aromatic nitrogens is 2. The first-order valence-corrected chi connectivity index (χ1v) is 6.66. The van der Waals surface area contributed by atoms with Gasteiger partial charge in [-0.3, -0.25) is 4.90 Å². The molecule has 1 atom stereocenters. The first-order chi connectivity index (χ1) is 9.33. The summed E-state index contributed by atoms with van der Waals surface area (Å²) >= 11 is 0. The van der Waals surface area contributed by atoms with E-state index < -0.39 is 0 Å². The van der Waals surface area contributed by atoms with E-state index in [0.717, 1.165) is 37.6 Å². The molecule has 1 aliphatic heterocycles. The Hall–Kier alpha value is -1.43. The van der Waals surface area contributed by atoms with Crippen LogP contribution in [0.2, 0.25) is 0 Å². The van der Waals surface area contributed by atoms with Gasteiger partial charge in [-0.05, 0) is 19.1 Å². The van der Waals surface area contributed by atoms with Crippen molar-refractivity contribution in [3.63, 3.8) is 0 Å². The summed E-state index contributed by atoms with van der Waals surface area (Å²) in [7, 11) is 0. The third-order valence-corrected chi connectivity index (χ3v) is 3.47. The first-order valence-electron chi connectivity index (χ1n) is 6.66. The molecule has 108 valence electrons. The van der Waals surface area contributed by atoms with Gasteiger partial charge >= 0.3 is 0 Å². The van der Waals surface area contributed by atoms with Crippen LogP contribution in [0.25, 0.3) is 11.5 Å². The maximum Gasteiger partial charge on any atom is 0.257 e. The molecule has 1 saturated heterocycles. The number of hydrogen-bond donors (Lipinski definition) is 1. The Morgan fingerprint density at radius 3 is 2.90 bits per heavy atom. The fourth-order valence-corrected chi connectivity index (χ4v) is 2.32. The summed E-state index contributed by atoms with van der Waals surface area (Å²) in [5, 5.41) is 7.45. The quantitative estimate of drug-likeness (QED) is 0.938. The zero-order chi connectivity index (χ0) is 13.1. The first kappa shape index (κ1) is 15.0. The van der Waals surface area contributed by atoms with Crippen molar-refractivity contribution in [2.45, 2.75) is 19.5 Å². The lowest BCUT2D eigenvalue weighted by molar-refractivity contribution is 0.160. The summed E-state index contributed by atoms with van der Waals surface area (Å²) < 4.78 is 5.32. The SMILES string of the molecule is C[C@H]1CNCCN1Cc1noc(-c2ccccc2)n1.Cl. The van der Waals surface area contributed by atoms with E-state index in [1.165, 1.54) is 0 Å². The monoisotopic (exact) mass is 294 g/mol. The predicted octanol–water partition coefficient (Wildman–Crippen LogP) is 1.95. The smallest absolute Gasteiger partial charge is 0.257 e. The molecule has 5 nitrogen and oxygen atoms in total. The largest absolute Gasteiger partial charge is 0.334 e. The zero-order valence-electron chi connectivity index (χ0n) is 11.5. The van der Waals surface area contributed by atoms with E-state index in [9.17, 15) is 0 Å². The standard InChI is InChI=1S/C14H18N4O.ClH/c1-11-9-15-7-8-18(11)10-13-16-14(19-17-13)12-5-3-2-4-6-12;/h2-6,11,15H,7-10H2,1H3;1H/t11-;/m0./s1. The summed E-state index contributed by atoms with van der Waals surface area (Å²) in [6.45, 7) is 6.02. The summed E-state index contributed by atoms with van der Waals surface area (Å²) in [6, 6.07) is 10.4. The van der Waals surface area contributed by atoms with Gasteiger partial charge in [0.15, 0.2) is 5.82 Å². The minimum absolute atomic E-state index is 0. The van der Waals surface area contributed by atoms with Gasteiger partial charge in [0.2, 0.25) is 0 Å². The van der Waals surface area contributed by atoms with Crippen molar-refractivity contribution in [1.82, 2.24) is 20.4 Å². The molecule has 1 aromatic carbocycles. The molecule has 1 aromatic heterocycles. The summed E-state index contributed by atoms with van der Waals surface area (Å²) in [5.41, 5.74) is 0.967. The number of benzene rings is 1. The van der Waals surface area contributed by atoms with Crippen LogP contribution in [0.4, 0.5) is 0 Å². The molecular formula is C14H19ClN4O. The molecule has 2 heterocycles. The van der Waals surface area contributed by atoms with Crippen LogP contribution in [-0.2, 0) is 6.54 Å². The third-order valence-electron chi connectivity index (χ3n) is 3.47. The van der Waals surface area contributed by atoms with Gasteiger partial charge in [-0.25, -0.2) is 0 Å². The number of nitrogens with one attached hydrogen (secondary N) is 1. The van der Waals surface area contributed by atoms with Gasteiger partial charge in [-0.1, -0.05) is 23.4 Å². The summed E-state index contributed by atoms with van der Waals surface area (Å²) in [6.07, 6.45) is 0. The molecule has 2 aromatic rings. The van der Waals surface area contributed by atoms with Crippen molar-refractivity contribution >= 4 is 12.4 Å². The van der Waals surface area contributed by atoms with Crippen LogP contribution < -0.4 is 5.32 Å². The van der Waals surface area contributed by atoms with Gasteiger partial charge < -0.3 is 9.84 Å². The molecule has 1 N–H and O–H groups in total. The summed E-state index contributed by atoms with van der Waals surface area (Å²) in [5.74, 6) is 1.35. The number of rotatable bonds is 3. The fraction of sp³-hybridized carbons (Fsp3) is 0.429. The predicted molar refractivity (Wildman–Crippen MR) is 79.7 cm³/mol. The Bertz CT molecular complexity index is 531. The molecule has 0 amide bonds. The Kier molecular flexibility index (Phi) is 5.11. The molecule has 0 saturated carbocycles. The van der Waals surface area contributed by atoms with Gasteiger partial charge in [-0.2, -0.15) is 4.98 Å². The van der Waals surface area contributed by atoms with Crippen LogP contribution >= 0.6 is 12.4 Å². The molecule has 0 aliphatic carbocycles. The molecule has 20 heavy (non-hydrogen) atoms. The van der Waals surface area contributed by atoms with E-state index >= 15 is 0 Å². The Morgan fingerprint density at radius 1 is 1.35 bits per heavy atom. The van der Waals surface area contributed by atoms with Crippen LogP contribution in [0.5, 0.6) is 0 Å². The van der Waals surface area contributed by atoms with Gasteiger partial charge in [-0.15, -0.1) is 12.4 Å². The molecule has 3 rings (SSSR count). The van der Waals surface area contributed by atoms with Crippen molar-refractivity contribution in [2.24, 2.45) is 0 Å². The lowest BCUT2D eigenvalue weighted by Crippen LogP contribution is -2.49. The number of halogens is 1. The van der Waals surface area contributed by atoms with Gasteiger partial charge in [0, 0.05) is 31.2 Å². The Labute approximate surface area is 124 Å². The van der Waals surface area contributed by atoms with E-state index in [2.05, 4.69) is 27.3 Å². The highest BCUT2D eigenvalue weighted by Crippen LogP contribution is 2.17. The van der Waals surface area contributed by atoms with Crippen molar-refractivity contribution < 1.29 is 4.52 Å². The molecule has 1 aliphatic rings. The zero-order valence-corrected chi connectivity index (χ0v) is 12.3. The number of hydrogen-bond acceptors (Lipinski definition) is 5. The van der Waals surface area contributed by atoms with Crippen molar-refractivity contribution in [1.29, 1.82) is 0 Å². The van der Waals surface area contributed by atoms with Crippen LogP contribution in [0.1, 0.15) is 12.7 Å². The third kappa shape index (κ3) is 3.36. The molecule has 0 spiro atoms. The second-order valence-electron chi connectivity index (χ2n) is 4.91. The summed E-state index contributed by atoms with van der Waals surface area (Å²) in [4.78, 5) is 6.84. The average molecular weight is 295 g/mol. The van der Waals surface area contributed by atoms with Crippen LogP contribution in [0, 0.1) is 0 Å². The van der Waals surface area contributed by atoms with Crippen molar-refractivity contribution in [3.05, 3.63) is 36.2 Å². The second kappa shape index (κ2) is 6.83. The van der Waals surface area contributed by atoms with E-state index in [1.54, 1.807) is 0 Å². The molecular weight excluding hydrogens is 276 g/mol.